The number of nitrogens with two attached hydrogens (primary N) is 1. The molecule has 0 fully saturated rings. The van der Waals surface area contributed by atoms with Gasteiger partial charge in [-0.2, -0.15) is 0 Å². The van der Waals surface area contributed by atoms with E-state index in [0.29, 0.717) is 17.9 Å². The predicted octanol–water partition coefficient (Wildman–Crippen LogP) is 1.95. The van der Waals surface area contributed by atoms with Crippen LogP contribution in [-0.4, -0.2) is 23.5 Å². The Kier molecular flexibility index (Phi) is 4.66. The first-order chi connectivity index (χ1) is 10.1. The van der Waals surface area contributed by atoms with Gasteiger partial charge in [0, 0.05) is 17.3 Å². The molecule has 0 spiro atoms. The number of primary amides is 1. The quantitative estimate of drug-likeness (QED) is 0.851. The molecule has 2 rings (SSSR count). The predicted molar refractivity (Wildman–Crippen MR) is 78.5 cm³/mol. The lowest BCUT2D eigenvalue weighted by Crippen LogP contribution is -2.17. The number of esters is 1. The first-order valence-electron chi connectivity index (χ1n) is 6.61. The molecule has 0 aliphatic rings. The molecule has 1 aromatic carbocycles. The van der Waals surface area contributed by atoms with Gasteiger partial charge in [0.25, 0.3) is 0 Å². The number of rotatable bonds is 5. The molecule has 21 heavy (non-hydrogen) atoms. The lowest BCUT2D eigenvalue weighted by atomic mass is 10.0. The number of benzene rings is 1. The number of hydrogen-bond acceptors (Lipinski definition) is 4. The fraction of sp³-hybridized carbons (Fsp3) is 0.188. The van der Waals surface area contributed by atoms with Crippen LogP contribution in [-0.2, 0) is 16.0 Å². The van der Waals surface area contributed by atoms with Gasteiger partial charge in [-0.3, -0.25) is 14.6 Å². The third-order valence-corrected chi connectivity index (χ3v) is 2.96. The van der Waals surface area contributed by atoms with E-state index in [1.54, 1.807) is 13.0 Å². The standard InChI is InChI=1S/C16H16N2O3/c1-2-21-15(19)8-12-10-18-14(9-13(12)16(17)20)11-6-4-3-5-7-11/h3-7,9-10H,2,8H2,1H3,(H2,17,20). The minimum Gasteiger partial charge on any atom is -0.466 e. The van der Waals surface area contributed by atoms with Crippen LogP contribution >= 0.6 is 0 Å². The molecule has 0 saturated heterocycles. The van der Waals surface area contributed by atoms with Crippen LogP contribution in [0.3, 0.4) is 0 Å². The Bertz CT molecular complexity index is 654. The molecular formula is C16H16N2O3. The van der Waals surface area contributed by atoms with Gasteiger partial charge in [-0.15, -0.1) is 0 Å². The van der Waals surface area contributed by atoms with Crippen LogP contribution in [0.15, 0.2) is 42.6 Å². The first kappa shape index (κ1) is 14.7. The summed E-state index contributed by atoms with van der Waals surface area (Å²) in [4.78, 5) is 27.4. The van der Waals surface area contributed by atoms with E-state index in [9.17, 15) is 9.59 Å². The van der Waals surface area contributed by atoms with Gasteiger partial charge in [-0.25, -0.2) is 0 Å². The zero-order chi connectivity index (χ0) is 15.2. The maximum atomic E-state index is 11.6. The number of hydrogen-bond donors (Lipinski definition) is 1. The van der Waals surface area contributed by atoms with Gasteiger partial charge in [-0.1, -0.05) is 30.3 Å². The highest BCUT2D eigenvalue weighted by molar-refractivity contribution is 5.96. The third-order valence-electron chi connectivity index (χ3n) is 2.96. The molecule has 0 saturated carbocycles. The van der Waals surface area contributed by atoms with Crippen LogP contribution < -0.4 is 5.73 Å². The zero-order valence-electron chi connectivity index (χ0n) is 11.7. The number of ether oxygens (including phenoxy) is 1. The van der Waals surface area contributed by atoms with E-state index >= 15 is 0 Å². The smallest absolute Gasteiger partial charge is 0.310 e. The van der Waals surface area contributed by atoms with Crippen molar-refractivity contribution < 1.29 is 14.3 Å². The Morgan fingerprint density at radius 2 is 1.95 bits per heavy atom. The number of amides is 1. The van der Waals surface area contributed by atoms with E-state index in [-0.39, 0.29) is 12.0 Å². The molecule has 5 heteroatoms. The molecule has 2 N–H and O–H groups in total. The van der Waals surface area contributed by atoms with Crippen LogP contribution in [0.25, 0.3) is 11.3 Å². The van der Waals surface area contributed by atoms with Crippen molar-refractivity contribution in [1.82, 2.24) is 4.98 Å². The topological polar surface area (TPSA) is 82.3 Å². The van der Waals surface area contributed by atoms with Crippen LogP contribution in [0, 0.1) is 0 Å². The van der Waals surface area contributed by atoms with E-state index in [1.807, 2.05) is 30.3 Å². The molecule has 2 aromatic rings. The number of carbonyl (C=O) groups excluding carboxylic acids is 2. The fourth-order valence-corrected chi connectivity index (χ4v) is 1.99. The van der Waals surface area contributed by atoms with Crippen molar-refractivity contribution in [3.63, 3.8) is 0 Å². The van der Waals surface area contributed by atoms with Crippen LogP contribution in [0.1, 0.15) is 22.8 Å². The van der Waals surface area contributed by atoms with E-state index in [0.717, 1.165) is 5.56 Å². The summed E-state index contributed by atoms with van der Waals surface area (Å²) in [6.45, 7) is 2.02. The van der Waals surface area contributed by atoms with Crippen molar-refractivity contribution >= 4 is 11.9 Å². The molecule has 0 atom stereocenters. The summed E-state index contributed by atoms with van der Waals surface area (Å²) in [7, 11) is 0. The average molecular weight is 284 g/mol. The molecule has 0 radical (unpaired) electrons. The van der Waals surface area contributed by atoms with Crippen LogP contribution in [0.2, 0.25) is 0 Å². The number of aromatic nitrogens is 1. The number of pyridine rings is 1. The van der Waals surface area contributed by atoms with Crippen molar-refractivity contribution in [3.8, 4) is 11.3 Å². The minimum atomic E-state index is -0.589. The first-order valence-corrected chi connectivity index (χ1v) is 6.61. The summed E-state index contributed by atoms with van der Waals surface area (Å²) in [6.07, 6.45) is 1.48. The largest absolute Gasteiger partial charge is 0.466 e. The zero-order valence-corrected chi connectivity index (χ0v) is 11.7. The van der Waals surface area contributed by atoms with Gasteiger partial charge in [0.1, 0.15) is 0 Å². The van der Waals surface area contributed by atoms with Gasteiger partial charge < -0.3 is 10.5 Å². The Morgan fingerprint density at radius 3 is 2.57 bits per heavy atom. The lowest BCUT2D eigenvalue weighted by Gasteiger charge is -2.08. The monoisotopic (exact) mass is 284 g/mol. The highest BCUT2D eigenvalue weighted by atomic mass is 16.5. The second-order valence-corrected chi connectivity index (χ2v) is 4.44. The van der Waals surface area contributed by atoms with Crippen LogP contribution in [0.4, 0.5) is 0 Å². The van der Waals surface area contributed by atoms with Crippen molar-refractivity contribution in [2.24, 2.45) is 5.73 Å². The maximum Gasteiger partial charge on any atom is 0.310 e. The van der Waals surface area contributed by atoms with E-state index in [1.165, 1.54) is 6.20 Å². The normalized spacial score (nSPS) is 10.1. The van der Waals surface area contributed by atoms with Crippen LogP contribution in [0.5, 0.6) is 0 Å². The molecule has 0 aliphatic heterocycles. The molecule has 1 aromatic heterocycles. The molecule has 1 amide bonds. The molecule has 0 aliphatic carbocycles. The average Bonchev–Trinajstić information content (AvgIpc) is 2.48. The van der Waals surface area contributed by atoms with Gasteiger partial charge in [0.15, 0.2) is 0 Å². The summed E-state index contributed by atoms with van der Waals surface area (Å²) >= 11 is 0. The molecule has 1 heterocycles. The van der Waals surface area contributed by atoms with E-state index in [4.69, 9.17) is 10.5 Å². The van der Waals surface area contributed by atoms with Gasteiger partial charge >= 0.3 is 5.97 Å². The Morgan fingerprint density at radius 1 is 1.24 bits per heavy atom. The Hall–Kier alpha value is -2.69. The van der Waals surface area contributed by atoms with Gasteiger partial charge in [0.2, 0.25) is 5.91 Å². The summed E-state index contributed by atoms with van der Waals surface area (Å²) < 4.78 is 4.88. The lowest BCUT2D eigenvalue weighted by molar-refractivity contribution is -0.142. The molecule has 108 valence electrons. The molecule has 0 unspecified atom stereocenters. The summed E-state index contributed by atoms with van der Waals surface area (Å²) in [5, 5.41) is 0. The maximum absolute atomic E-state index is 11.6. The highest BCUT2D eigenvalue weighted by Crippen LogP contribution is 2.20. The van der Waals surface area contributed by atoms with Crippen molar-refractivity contribution in [2.75, 3.05) is 6.61 Å². The van der Waals surface area contributed by atoms with E-state index in [2.05, 4.69) is 4.98 Å². The molecular weight excluding hydrogens is 268 g/mol. The molecule has 0 bridgehead atoms. The number of nitrogens with zero attached hydrogens (tertiary/aromatic N) is 1. The minimum absolute atomic E-state index is 0.0197. The fourth-order valence-electron chi connectivity index (χ4n) is 1.99. The second kappa shape index (κ2) is 6.65. The SMILES string of the molecule is CCOC(=O)Cc1cnc(-c2ccccc2)cc1C(N)=O. The molecule has 5 nitrogen and oxygen atoms in total. The summed E-state index contributed by atoms with van der Waals surface area (Å²) in [5.74, 6) is -0.997. The Labute approximate surface area is 122 Å². The van der Waals surface area contributed by atoms with Crippen molar-refractivity contribution in [2.45, 2.75) is 13.3 Å². The van der Waals surface area contributed by atoms with Gasteiger partial charge in [0.05, 0.1) is 18.7 Å². The van der Waals surface area contributed by atoms with E-state index < -0.39 is 11.9 Å². The number of carbonyl (C=O) groups is 2. The third kappa shape index (κ3) is 3.66. The highest BCUT2D eigenvalue weighted by Gasteiger charge is 2.14. The summed E-state index contributed by atoms with van der Waals surface area (Å²) in [5.41, 5.74) is 7.67. The summed E-state index contributed by atoms with van der Waals surface area (Å²) in [6, 6.07) is 11.0. The van der Waals surface area contributed by atoms with Gasteiger partial charge in [-0.05, 0) is 18.6 Å². The van der Waals surface area contributed by atoms with Crippen molar-refractivity contribution in [1.29, 1.82) is 0 Å². The Balaban J connectivity index is 2.36. The second-order valence-electron chi connectivity index (χ2n) is 4.44. The van der Waals surface area contributed by atoms with Crippen molar-refractivity contribution in [3.05, 3.63) is 53.7 Å².